The number of benzene rings is 1. The summed E-state index contributed by atoms with van der Waals surface area (Å²) in [5, 5.41) is 11.0. The van der Waals surface area contributed by atoms with Crippen LogP contribution in [0.25, 0.3) is 0 Å². The summed E-state index contributed by atoms with van der Waals surface area (Å²) in [7, 11) is 0. The fourth-order valence-corrected chi connectivity index (χ4v) is 3.87. The molecule has 0 saturated carbocycles. The van der Waals surface area contributed by atoms with Gasteiger partial charge >= 0.3 is 0 Å². The smallest absolute Gasteiger partial charge is 0.0763 e. The van der Waals surface area contributed by atoms with Crippen LogP contribution in [0.2, 0.25) is 0 Å². The second-order valence-electron chi connectivity index (χ2n) is 6.39. The fourth-order valence-electron chi connectivity index (χ4n) is 3.87. The van der Waals surface area contributed by atoms with Crippen molar-refractivity contribution in [2.45, 2.75) is 70.9 Å². The summed E-state index contributed by atoms with van der Waals surface area (Å²) in [5.74, 6) is 0. The van der Waals surface area contributed by atoms with Crippen LogP contribution >= 0.6 is 0 Å². The van der Waals surface area contributed by atoms with Gasteiger partial charge in [0.15, 0.2) is 0 Å². The lowest BCUT2D eigenvalue weighted by atomic mass is 9.81. The van der Waals surface area contributed by atoms with Crippen LogP contribution in [0.4, 0.5) is 0 Å². The second-order valence-corrected chi connectivity index (χ2v) is 6.39. The highest BCUT2D eigenvalue weighted by molar-refractivity contribution is 5.23. The first-order valence-electron chi connectivity index (χ1n) is 8.67. The van der Waals surface area contributed by atoms with E-state index in [-0.39, 0.29) is 11.6 Å². The van der Waals surface area contributed by atoms with Gasteiger partial charge < -0.3 is 5.11 Å². The minimum absolute atomic E-state index is 0.0417. The Morgan fingerprint density at radius 3 is 2.00 bits per heavy atom. The van der Waals surface area contributed by atoms with E-state index in [1.54, 1.807) is 0 Å². The van der Waals surface area contributed by atoms with Crippen molar-refractivity contribution in [3.8, 4) is 0 Å². The van der Waals surface area contributed by atoms with Crippen molar-refractivity contribution in [2.75, 3.05) is 13.1 Å². The number of hydrogen-bond donors (Lipinski definition) is 1. The Balaban J connectivity index is 2.11. The van der Waals surface area contributed by atoms with Crippen LogP contribution in [0.5, 0.6) is 0 Å². The molecule has 118 valence electrons. The van der Waals surface area contributed by atoms with Crippen molar-refractivity contribution in [3.63, 3.8) is 0 Å². The number of aryl methyl sites for hydroxylation is 1. The molecule has 1 N–H and O–H groups in total. The minimum Gasteiger partial charge on any atom is -0.391 e. The molecule has 1 fully saturated rings. The second kappa shape index (κ2) is 7.42. The highest BCUT2D eigenvalue weighted by Gasteiger charge is 2.41. The molecule has 0 aromatic heterocycles. The van der Waals surface area contributed by atoms with Gasteiger partial charge in [0, 0.05) is 12.0 Å². The zero-order valence-electron chi connectivity index (χ0n) is 13.9. The maximum atomic E-state index is 11.0. The van der Waals surface area contributed by atoms with Gasteiger partial charge in [-0.2, -0.15) is 0 Å². The Bertz CT molecular complexity index is 416. The van der Waals surface area contributed by atoms with Gasteiger partial charge in [0.05, 0.1) is 6.10 Å². The topological polar surface area (TPSA) is 23.5 Å². The number of likely N-dealkylation sites (tertiary alicyclic amines) is 1. The number of aliphatic hydroxyl groups is 1. The number of aliphatic hydroxyl groups excluding tert-OH is 1. The van der Waals surface area contributed by atoms with Gasteiger partial charge in [-0.1, -0.05) is 45.0 Å². The molecular weight excluding hydrogens is 258 g/mol. The van der Waals surface area contributed by atoms with Gasteiger partial charge in [-0.25, -0.2) is 0 Å². The van der Waals surface area contributed by atoms with Crippen molar-refractivity contribution in [1.29, 1.82) is 0 Å². The molecule has 0 radical (unpaired) electrons. The van der Waals surface area contributed by atoms with Gasteiger partial charge in [-0.05, 0) is 56.3 Å². The van der Waals surface area contributed by atoms with Crippen molar-refractivity contribution >= 4 is 0 Å². The lowest BCUT2D eigenvalue weighted by molar-refractivity contribution is -0.0269. The van der Waals surface area contributed by atoms with Crippen molar-refractivity contribution in [1.82, 2.24) is 4.90 Å². The summed E-state index contributed by atoms with van der Waals surface area (Å²) >= 11 is 0. The maximum absolute atomic E-state index is 11.0. The Labute approximate surface area is 130 Å². The average Bonchev–Trinajstić information content (AvgIpc) is 3.05. The summed E-state index contributed by atoms with van der Waals surface area (Å²) in [6, 6.07) is 8.75. The molecule has 1 unspecified atom stereocenters. The first-order chi connectivity index (χ1) is 10.2. The van der Waals surface area contributed by atoms with Crippen LogP contribution in [-0.2, 0) is 12.8 Å². The van der Waals surface area contributed by atoms with Crippen molar-refractivity contribution in [3.05, 3.63) is 35.4 Å². The first kappa shape index (κ1) is 16.5. The lowest BCUT2D eigenvalue weighted by Gasteiger charge is -2.44. The van der Waals surface area contributed by atoms with Crippen LogP contribution in [0.15, 0.2) is 24.3 Å². The fraction of sp³-hybridized carbons (Fsp3) is 0.684. The third-order valence-electron chi connectivity index (χ3n) is 5.44. The Morgan fingerprint density at radius 2 is 1.52 bits per heavy atom. The SMILES string of the molecule is CCc1ccc(CC(O)C(CC)(CC)N2CCCC2)cc1. The predicted molar refractivity (Wildman–Crippen MR) is 89.7 cm³/mol. The van der Waals surface area contributed by atoms with Crippen LogP contribution < -0.4 is 0 Å². The molecule has 2 heteroatoms. The average molecular weight is 289 g/mol. The summed E-state index contributed by atoms with van der Waals surface area (Å²) in [5.41, 5.74) is 2.58. The molecule has 0 amide bonds. The van der Waals surface area contributed by atoms with Crippen molar-refractivity contribution < 1.29 is 5.11 Å². The Hall–Kier alpha value is -0.860. The molecule has 2 rings (SSSR count). The third-order valence-corrected chi connectivity index (χ3v) is 5.44. The molecule has 1 aromatic carbocycles. The Kier molecular flexibility index (Phi) is 5.83. The van der Waals surface area contributed by atoms with Crippen LogP contribution in [0.1, 0.15) is 57.6 Å². The van der Waals surface area contributed by atoms with Gasteiger partial charge in [-0.15, -0.1) is 0 Å². The van der Waals surface area contributed by atoms with E-state index < -0.39 is 0 Å². The molecule has 1 heterocycles. The molecule has 1 aliphatic heterocycles. The van der Waals surface area contributed by atoms with E-state index in [0.717, 1.165) is 38.8 Å². The predicted octanol–water partition coefficient (Wildman–Crippen LogP) is 3.81. The van der Waals surface area contributed by atoms with Gasteiger partial charge in [0.2, 0.25) is 0 Å². The number of rotatable bonds is 7. The molecule has 1 atom stereocenters. The van der Waals surface area contributed by atoms with Crippen LogP contribution in [0, 0.1) is 0 Å². The summed E-state index contributed by atoms with van der Waals surface area (Å²) in [4.78, 5) is 2.54. The van der Waals surface area contributed by atoms with E-state index in [4.69, 9.17) is 0 Å². The molecule has 0 aliphatic carbocycles. The summed E-state index contributed by atoms with van der Waals surface area (Å²) < 4.78 is 0. The standard InChI is InChI=1S/C19H31NO/c1-4-16-9-11-17(12-10-16)15-18(21)19(5-2,6-3)20-13-7-8-14-20/h9-12,18,21H,4-8,13-15H2,1-3H3. The molecule has 1 aromatic rings. The minimum atomic E-state index is -0.280. The Morgan fingerprint density at radius 1 is 1.00 bits per heavy atom. The van der Waals surface area contributed by atoms with Gasteiger partial charge in [0.1, 0.15) is 0 Å². The van der Waals surface area contributed by atoms with Gasteiger partial charge in [0.25, 0.3) is 0 Å². The van der Waals surface area contributed by atoms with E-state index in [0.29, 0.717) is 0 Å². The third kappa shape index (κ3) is 3.49. The summed E-state index contributed by atoms with van der Waals surface area (Å²) in [6.07, 6.45) is 6.17. The van der Waals surface area contributed by atoms with Crippen molar-refractivity contribution in [2.24, 2.45) is 0 Å². The van der Waals surface area contributed by atoms with E-state index in [1.165, 1.54) is 24.0 Å². The normalized spacial score (nSPS) is 18.1. The number of nitrogens with zero attached hydrogens (tertiary/aromatic N) is 1. The highest BCUT2D eigenvalue weighted by Crippen LogP contribution is 2.33. The molecule has 21 heavy (non-hydrogen) atoms. The first-order valence-corrected chi connectivity index (χ1v) is 8.67. The highest BCUT2D eigenvalue weighted by atomic mass is 16.3. The van der Waals surface area contributed by atoms with Gasteiger partial charge in [-0.3, -0.25) is 4.90 Å². The largest absolute Gasteiger partial charge is 0.391 e. The zero-order chi connectivity index (χ0) is 15.3. The van der Waals surface area contributed by atoms with Crippen LogP contribution in [0.3, 0.4) is 0 Å². The monoisotopic (exact) mass is 289 g/mol. The lowest BCUT2D eigenvalue weighted by Crippen LogP contribution is -2.55. The molecule has 1 saturated heterocycles. The van der Waals surface area contributed by atoms with Crippen LogP contribution in [-0.4, -0.2) is 34.7 Å². The molecule has 0 bridgehead atoms. The van der Waals surface area contributed by atoms with E-state index in [2.05, 4.69) is 49.9 Å². The summed E-state index contributed by atoms with van der Waals surface area (Å²) in [6.45, 7) is 8.92. The van der Waals surface area contributed by atoms with E-state index >= 15 is 0 Å². The van der Waals surface area contributed by atoms with E-state index in [9.17, 15) is 5.11 Å². The quantitative estimate of drug-likeness (QED) is 0.825. The maximum Gasteiger partial charge on any atom is 0.0763 e. The molecule has 1 aliphatic rings. The van der Waals surface area contributed by atoms with E-state index in [1.807, 2.05) is 0 Å². The number of hydrogen-bond acceptors (Lipinski definition) is 2. The molecule has 2 nitrogen and oxygen atoms in total. The molecule has 0 spiro atoms. The molecular formula is C19H31NO. The zero-order valence-corrected chi connectivity index (χ0v) is 13.9.